The van der Waals surface area contributed by atoms with Gasteiger partial charge in [0, 0.05) is 32.1 Å². The van der Waals surface area contributed by atoms with Gasteiger partial charge < -0.3 is 19.9 Å². The minimum absolute atomic E-state index is 0.00320. The van der Waals surface area contributed by atoms with Crippen molar-refractivity contribution in [3.8, 4) is 5.75 Å². The molecule has 2 aliphatic rings. The van der Waals surface area contributed by atoms with Gasteiger partial charge in [-0.2, -0.15) is 0 Å². The van der Waals surface area contributed by atoms with Crippen molar-refractivity contribution in [2.75, 3.05) is 48.4 Å². The summed E-state index contributed by atoms with van der Waals surface area (Å²) in [6, 6.07) is 7.52. The zero-order valence-electron chi connectivity index (χ0n) is 17.7. The Labute approximate surface area is 178 Å². The molecule has 2 saturated heterocycles. The lowest BCUT2D eigenvalue weighted by atomic mass is 9.95. The van der Waals surface area contributed by atoms with E-state index in [1.807, 2.05) is 36.7 Å². The number of piperidine rings is 1. The first kappa shape index (κ1) is 20.4. The van der Waals surface area contributed by atoms with Crippen molar-refractivity contribution in [1.82, 2.24) is 9.97 Å². The normalized spacial score (nSPS) is 18.0. The number of benzene rings is 1. The van der Waals surface area contributed by atoms with Gasteiger partial charge >= 0.3 is 0 Å². The van der Waals surface area contributed by atoms with Gasteiger partial charge in [-0.15, -0.1) is 0 Å². The molecule has 2 aliphatic heterocycles. The van der Waals surface area contributed by atoms with Crippen LogP contribution in [0.5, 0.6) is 5.75 Å². The summed E-state index contributed by atoms with van der Waals surface area (Å²) in [6.45, 7) is 3.75. The fraction of sp³-hybridized carbons (Fsp3) is 0.522. The highest BCUT2D eigenvalue weighted by molar-refractivity contribution is 5.94. The van der Waals surface area contributed by atoms with Crippen LogP contribution in [-0.4, -0.2) is 49.2 Å². The molecule has 0 spiro atoms. The molecule has 0 saturated carbocycles. The molecule has 1 aromatic heterocycles. The van der Waals surface area contributed by atoms with Gasteiger partial charge in [-0.3, -0.25) is 4.79 Å². The highest BCUT2D eigenvalue weighted by Crippen LogP contribution is 2.27. The van der Waals surface area contributed by atoms with Crippen LogP contribution in [0.1, 0.15) is 38.5 Å². The molecule has 0 unspecified atom stereocenters. The molecule has 2 aromatic rings. The van der Waals surface area contributed by atoms with E-state index in [2.05, 4.69) is 25.1 Å². The predicted molar refractivity (Wildman–Crippen MR) is 119 cm³/mol. The molecule has 7 heteroatoms. The van der Waals surface area contributed by atoms with Crippen LogP contribution in [0, 0.1) is 5.92 Å². The van der Waals surface area contributed by atoms with E-state index in [4.69, 9.17) is 4.74 Å². The number of nitrogens with one attached hydrogen (secondary N) is 1. The van der Waals surface area contributed by atoms with E-state index in [0.29, 0.717) is 5.75 Å². The number of rotatable bonds is 5. The number of carbonyl (C=O) groups excluding carboxylic acids is 1. The van der Waals surface area contributed by atoms with Crippen molar-refractivity contribution >= 4 is 23.2 Å². The highest BCUT2D eigenvalue weighted by Gasteiger charge is 2.26. The number of hydrogen-bond donors (Lipinski definition) is 1. The van der Waals surface area contributed by atoms with Crippen LogP contribution in [0.15, 0.2) is 36.7 Å². The third-order valence-electron chi connectivity index (χ3n) is 6.11. The van der Waals surface area contributed by atoms with Crippen molar-refractivity contribution in [2.24, 2.45) is 5.92 Å². The Morgan fingerprint density at radius 3 is 2.30 bits per heavy atom. The van der Waals surface area contributed by atoms with Crippen LogP contribution in [0.2, 0.25) is 0 Å². The number of hydrogen-bond acceptors (Lipinski definition) is 6. The van der Waals surface area contributed by atoms with Gasteiger partial charge in [-0.25, -0.2) is 9.97 Å². The van der Waals surface area contributed by atoms with Crippen LogP contribution >= 0.6 is 0 Å². The minimum atomic E-state index is 0.00320. The minimum Gasteiger partial charge on any atom is -0.495 e. The van der Waals surface area contributed by atoms with Crippen LogP contribution < -0.4 is 19.9 Å². The predicted octanol–water partition coefficient (Wildman–Crippen LogP) is 3.72. The summed E-state index contributed by atoms with van der Waals surface area (Å²) in [6.07, 6.45) is 10.5. The maximum Gasteiger partial charge on any atom is 0.227 e. The molecule has 1 aromatic carbocycles. The van der Waals surface area contributed by atoms with Crippen LogP contribution in [0.3, 0.4) is 0 Å². The molecule has 3 heterocycles. The Balaban J connectivity index is 1.31. The quantitative estimate of drug-likeness (QED) is 0.812. The third kappa shape index (κ3) is 4.83. The first-order valence-electron chi connectivity index (χ1n) is 11.0. The summed E-state index contributed by atoms with van der Waals surface area (Å²) in [5.74, 6) is 1.59. The smallest absolute Gasteiger partial charge is 0.227 e. The molecule has 7 nitrogen and oxygen atoms in total. The van der Waals surface area contributed by atoms with Gasteiger partial charge in [0.2, 0.25) is 11.9 Å². The lowest BCUT2D eigenvalue weighted by Crippen LogP contribution is -2.38. The summed E-state index contributed by atoms with van der Waals surface area (Å²) < 4.78 is 5.33. The van der Waals surface area contributed by atoms with Gasteiger partial charge in [0.15, 0.2) is 0 Å². The Morgan fingerprint density at radius 2 is 1.63 bits per heavy atom. The highest BCUT2D eigenvalue weighted by atomic mass is 16.5. The number of anilines is 3. The number of para-hydroxylation sites is 2. The van der Waals surface area contributed by atoms with Crippen molar-refractivity contribution < 1.29 is 9.53 Å². The molecule has 0 radical (unpaired) electrons. The second kappa shape index (κ2) is 9.78. The van der Waals surface area contributed by atoms with Gasteiger partial charge in [0.05, 0.1) is 30.9 Å². The molecule has 1 amide bonds. The molecule has 4 rings (SSSR count). The SMILES string of the molecule is COc1ccccc1NC(=O)C1CCN(c2cnc(N3CCCCCC3)nc2)CC1. The average molecular weight is 410 g/mol. The summed E-state index contributed by atoms with van der Waals surface area (Å²) in [5.41, 5.74) is 1.77. The lowest BCUT2D eigenvalue weighted by Gasteiger charge is -2.32. The molecule has 0 bridgehead atoms. The van der Waals surface area contributed by atoms with Gasteiger partial charge in [0.1, 0.15) is 5.75 Å². The first-order chi connectivity index (χ1) is 14.7. The van der Waals surface area contributed by atoms with Gasteiger partial charge in [0.25, 0.3) is 0 Å². The van der Waals surface area contributed by atoms with Crippen LogP contribution in [0.25, 0.3) is 0 Å². The number of aromatic nitrogens is 2. The van der Waals surface area contributed by atoms with Crippen molar-refractivity contribution in [2.45, 2.75) is 38.5 Å². The molecule has 0 atom stereocenters. The van der Waals surface area contributed by atoms with E-state index in [-0.39, 0.29) is 11.8 Å². The first-order valence-corrected chi connectivity index (χ1v) is 11.0. The maximum atomic E-state index is 12.7. The van der Waals surface area contributed by atoms with E-state index in [1.165, 1.54) is 25.7 Å². The van der Waals surface area contributed by atoms with E-state index in [0.717, 1.165) is 56.3 Å². The molecular formula is C23H31N5O2. The number of amides is 1. The van der Waals surface area contributed by atoms with Crippen LogP contribution in [0.4, 0.5) is 17.3 Å². The van der Waals surface area contributed by atoms with Gasteiger partial charge in [-0.1, -0.05) is 25.0 Å². The maximum absolute atomic E-state index is 12.7. The Morgan fingerprint density at radius 1 is 0.967 bits per heavy atom. The van der Waals surface area contributed by atoms with E-state index in [9.17, 15) is 4.79 Å². The summed E-state index contributed by atoms with van der Waals surface area (Å²) in [7, 11) is 1.61. The lowest BCUT2D eigenvalue weighted by molar-refractivity contribution is -0.120. The van der Waals surface area contributed by atoms with Crippen molar-refractivity contribution in [3.05, 3.63) is 36.7 Å². The third-order valence-corrected chi connectivity index (χ3v) is 6.11. The average Bonchev–Trinajstić information content (AvgIpc) is 3.09. The number of methoxy groups -OCH3 is 1. The zero-order valence-corrected chi connectivity index (χ0v) is 17.7. The molecule has 0 aliphatic carbocycles. The number of nitrogens with zero attached hydrogens (tertiary/aromatic N) is 4. The van der Waals surface area contributed by atoms with Gasteiger partial charge in [-0.05, 0) is 37.8 Å². The van der Waals surface area contributed by atoms with E-state index in [1.54, 1.807) is 7.11 Å². The number of ether oxygens (including phenoxy) is 1. The molecule has 160 valence electrons. The van der Waals surface area contributed by atoms with E-state index >= 15 is 0 Å². The Hall–Kier alpha value is -2.83. The Kier molecular flexibility index (Phi) is 6.67. The fourth-order valence-corrected chi connectivity index (χ4v) is 4.29. The van der Waals surface area contributed by atoms with E-state index < -0.39 is 0 Å². The second-order valence-corrected chi connectivity index (χ2v) is 8.09. The monoisotopic (exact) mass is 409 g/mol. The summed E-state index contributed by atoms with van der Waals surface area (Å²) >= 11 is 0. The zero-order chi connectivity index (χ0) is 20.8. The molecule has 1 N–H and O–H groups in total. The second-order valence-electron chi connectivity index (χ2n) is 8.09. The topological polar surface area (TPSA) is 70.6 Å². The molecule has 30 heavy (non-hydrogen) atoms. The van der Waals surface area contributed by atoms with Crippen molar-refractivity contribution in [3.63, 3.8) is 0 Å². The van der Waals surface area contributed by atoms with Crippen LogP contribution in [-0.2, 0) is 4.79 Å². The summed E-state index contributed by atoms with van der Waals surface area (Å²) in [5, 5.41) is 3.02. The molecule has 2 fully saturated rings. The number of carbonyl (C=O) groups is 1. The van der Waals surface area contributed by atoms with Crippen molar-refractivity contribution in [1.29, 1.82) is 0 Å². The Bertz CT molecular complexity index is 826. The largest absolute Gasteiger partial charge is 0.495 e. The summed E-state index contributed by atoms with van der Waals surface area (Å²) in [4.78, 5) is 26.5. The molecular weight excluding hydrogens is 378 g/mol. The standard InChI is InChI=1S/C23H31N5O2/c1-30-21-9-5-4-8-20(21)26-22(29)18-10-14-27(15-11-18)19-16-24-23(25-17-19)28-12-6-2-3-7-13-28/h4-5,8-9,16-18H,2-3,6-7,10-15H2,1H3,(H,26,29). The fourth-order valence-electron chi connectivity index (χ4n) is 4.29.